The molecule has 0 aromatic heterocycles. The second-order valence-electron chi connectivity index (χ2n) is 6.10. The molecule has 0 unspecified atom stereocenters. The van der Waals surface area contributed by atoms with E-state index < -0.39 is 10.0 Å². The number of amides is 1. The Morgan fingerprint density at radius 1 is 1.04 bits per heavy atom. The molecule has 1 saturated heterocycles. The summed E-state index contributed by atoms with van der Waals surface area (Å²) in [6, 6.07) is 10.7. The Morgan fingerprint density at radius 2 is 1.71 bits per heavy atom. The Bertz CT molecular complexity index is 937. The molecular formula is C19H22N2O6S. The lowest BCUT2D eigenvalue weighted by Gasteiger charge is -2.27. The highest BCUT2D eigenvalue weighted by Crippen LogP contribution is 2.26. The van der Waals surface area contributed by atoms with Crippen LogP contribution < -0.4 is 14.2 Å². The smallest absolute Gasteiger partial charge is 0.261 e. The molecule has 1 fully saturated rings. The number of morpholine rings is 1. The maximum Gasteiger partial charge on any atom is 0.261 e. The molecule has 150 valence electrons. The minimum absolute atomic E-state index is 0.0271. The van der Waals surface area contributed by atoms with Gasteiger partial charge in [0.2, 0.25) is 0 Å². The van der Waals surface area contributed by atoms with Crippen molar-refractivity contribution in [2.75, 3.05) is 45.2 Å². The Hall–Kier alpha value is -2.78. The second-order valence-corrected chi connectivity index (χ2v) is 7.78. The van der Waals surface area contributed by atoms with Gasteiger partial charge in [0, 0.05) is 18.8 Å². The van der Waals surface area contributed by atoms with Gasteiger partial charge in [-0.2, -0.15) is 0 Å². The van der Waals surface area contributed by atoms with Gasteiger partial charge in [0.05, 0.1) is 37.9 Å². The van der Waals surface area contributed by atoms with Crippen LogP contribution in [0.4, 0.5) is 5.69 Å². The van der Waals surface area contributed by atoms with Gasteiger partial charge in [-0.25, -0.2) is 8.42 Å². The summed E-state index contributed by atoms with van der Waals surface area (Å²) in [5.41, 5.74) is 0.583. The molecular weight excluding hydrogens is 384 g/mol. The van der Waals surface area contributed by atoms with Crippen molar-refractivity contribution in [1.29, 1.82) is 0 Å². The summed E-state index contributed by atoms with van der Waals surface area (Å²) in [5.74, 6) is 0.646. The van der Waals surface area contributed by atoms with Crippen LogP contribution in [0.15, 0.2) is 47.4 Å². The first-order valence-electron chi connectivity index (χ1n) is 8.66. The minimum Gasteiger partial charge on any atom is -0.497 e. The predicted octanol–water partition coefficient (Wildman–Crippen LogP) is 1.98. The molecule has 3 rings (SSSR count). The van der Waals surface area contributed by atoms with E-state index in [0.717, 1.165) is 0 Å². The highest BCUT2D eigenvalue weighted by Gasteiger charge is 2.24. The molecule has 0 bridgehead atoms. The number of hydrogen-bond donors (Lipinski definition) is 1. The van der Waals surface area contributed by atoms with Crippen molar-refractivity contribution in [3.63, 3.8) is 0 Å². The highest BCUT2D eigenvalue weighted by molar-refractivity contribution is 7.92. The Labute approximate surface area is 164 Å². The van der Waals surface area contributed by atoms with E-state index in [4.69, 9.17) is 14.2 Å². The summed E-state index contributed by atoms with van der Waals surface area (Å²) in [7, 11) is -0.915. The summed E-state index contributed by atoms with van der Waals surface area (Å²) in [6.07, 6.45) is 0. The first-order chi connectivity index (χ1) is 13.4. The molecule has 1 amide bonds. The van der Waals surface area contributed by atoms with Gasteiger partial charge in [0.1, 0.15) is 11.5 Å². The van der Waals surface area contributed by atoms with Crippen LogP contribution in [0, 0.1) is 0 Å². The Balaban J connectivity index is 1.89. The van der Waals surface area contributed by atoms with Gasteiger partial charge in [-0.15, -0.1) is 0 Å². The standard InChI is InChI=1S/C19H22N2O6S/c1-25-15-5-3-14(4-6-15)20-28(23,24)16-7-8-18(26-2)17(13-16)19(22)21-9-11-27-12-10-21/h3-8,13,20H,9-12H2,1-2H3. The molecule has 1 heterocycles. The number of carbonyl (C=O) groups excluding carboxylic acids is 1. The molecule has 0 radical (unpaired) electrons. The summed E-state index contributed by atoms with van der Waals surface area (Å²) in [6.45, 7) is 1.79. The van der Waals surface area contributed by atoms with E-state index in [9.17, 15) is 13.2 Å². The van der Waals surface area contributed by atoms with Crippen LogP contribution in [0.2, 0.25) is 0 Å². The molecule has 1 N–H and O–H groups in total. The fraction of sp³-hybridized carbons (Fsp3) is 0.316. The van der Waals surface area contributed by atoms with Crippen molar-refractivity contribution in [2.45, 2.75) is 4.90 Å². The number of sulfonamides is 1. The zero-order chi connectivity index (χ0) is 20.1. The maximum atomic E-state index is 12.8. The lowest BCUT2D eigenvalue weighted by molar-refractivity contribution is 0.0300. The van der Waals surface area contributed by atoms with Crippen LogP contribution in [-0.4, -0.2) is 59.7 Å². The third kappa shape index (κ3) is 4.37. The highest BCUT2D eigenvalue weighted by atomic mass is 32.2. The van der Waals surface area contributed by atoms with Crippen molar-refractivity contribution in [3.05, 3.63) is 48.0 Å². The Morgan fingerprint density at radius 3 is 2.32 bits per heavy atom. The van der Waals surface area contributed by atoms with Crippen LogP contribution in [0.1, 0.15) is 10.4 Å². The number of benzene rings is 2. The van der Waals surface area contributed by atoms with Gasteiger partial charge in [-0.1, -0.05) is 0 Å². The normalized spacial score (nSPS) is 14.4. The lowest BCUT2D eigenvalue weighted by atomic mass is 10.1. The molecule has 9 heteroatoms. The van der Waals surface area contributed by atoms with Crippen LogP contribution in [0.5, 0.6) is 11.5 Å². The molecule has 1 aliphatic heterocycles. The van der Waals surface area contributed by atoms with Crippen LogP contribution in [0.25, 0.3) is 0 Å². The maximum absolute atomic E-state index is 12.8. The number of ether oxygens (including phenoxy) is 3. The van der Waals surface area contributed by atoms with Gasteiger partial charge < -0.3 is 19.1 Å². The first-order valence-corrected chi connectivity index (χ1v) is 10.1. The molecule has 0 atom stereocenters. The van der Waals surface area contributed by atoms with Gasteiger partial charge in [0.15, 0.2) is 0 Å². The lowest BCUT2D eigenvalue weighted by Crippen LogP contribution is -2.40. The Kier molecular flexibility index (Phi) is 6.05. The molecule has 1 aliphatic rings. The van der Waals surface area contributed by atoms with E-state index >= 15 is 0 Å². The van der Waals surface area contributed by atoms with Crippen molar-refractivity contribution in [1.82, 2.24) is 4.90 Å². The fourth-order valence-electron chi connectivity index (χ4n) is 2.83. The van der Waals surface area contributed by atoms with Crippen molar-refractivity contribution >= 4 is 21.6 Å². The summed E-state index contributed by atoms with van der Waals surface area (Å²) < 4.78 is 43.6. The number of nitrogens with one attached hydrogen (secondary N) is 1. The third-order valence-corrected chi connectivity index (χ3v) is 5.73. The van der Waals surface area contributed by atoms with Crippen LogP contribution in [0.3, 0.4) is 0 Å². The van der Waals surface area contributed by atoms with E-state index in [0.29, 0.717) is 43.5 Å². The van der Waals surface area contributed by atoms with Crippen molar-refractivity contribution in [3.8, 4) is 11.5 Å². The average molecular weight is 406 g/mol. The number of carbonyl (C=O) groups is 1. The quantitative estimate of drug-likeness (QED) is 0.788. The SMILES string of the molecule is COc1ccc(NS(=O)(=O)c2ccc(OC)c(C(=O)N3CCOCC3)c2)cc1. The number of hydrogen-bond acceptors (Lipinski definition) is 6. The summed E-state index contributed by atoms with van der Waals surface area (Å²) >= 11 is 0. The number of methoxy groups -OCH3 is 2. The van der Waals surface area contributed by atoms with Crippen molar-refractivity contribution in [2.24, 2.45) is 0 Å². The van der Waals surface area contributed by atoms with Gasteiger partial charge in [-0.05, 0) is 42.5 Å². The predicted molar refractivity (Wildman–Crippen MR) is 104 cm³/mol. The van der Waals surface area contributed by atoms with E-state index in [-0.39, 0.29) is 16.4 Å². The number of rotatable bonds is 6. The molecule has 0 saturated carbocycles. The minimum atomic E-state index is -3.89. The molecule has 28 heavy (non-hydrogen) atoms. The van der Waals surface area contributed by atoms with Gasteiger partial charge >= 0.3 is 0 Å². The third-order valence-electron chi connectivity index (χ3n) is 4.35. The second kappa shape index (κ2) is 8.49. The van der Waals surface area contributed by atoms with E-state index in [1.54, 1.807) is 29.2 Å². The van der Waals surface area contributed by atoms with Crippen LogP contribution >= 0.6 is 0 Å². The monoisotopic (exact) mass is 406 g/mol. The topological polar surface area (TPSA) is 94.2 Å². The largest absolute Gasteiger partial charge is 0.497 e. The summed E-state index contributed by atoms with van der Waals surface area (Å²) in [4.78, 5) is 14.4. The van der Waals surface area contributed by atoms with Gasteiger partial charge in [-0.3, -0.25) is 9.52 Å². The molecule has 2 aromatic carbocycles. The molecule has 0 spiro atoms. The average Bonchev–Trinajstić information content (AvgIpc) is 2.73. The van der Waals surface area contributed by atoms with E-state index in [1.165, 1.54) is 32.4 Å². The zero-order valence-electron chi connectivity index (χ0n) is 15.7. The molecule has 2 aromatic rings. The molecule has 8 nitrogen and oxygen atoms in total. The van der Waals surface area contributed by atoms with Crippen molar-refractivity contribution < 1.29 is 27.4 Å². The number of nitrogens with zero attached hydrogens (tertiary/aromatic N) is 1. The van der Waals surface area contributed by atoms with E-state index in [1.807, 2.05) is 0 Å². The van der Waals surface area contributed by atoms with E-state index in [2.05, 4.69) is 4.72 Å². The zero-order valence-corrected chi connectivity index (χ0v) is 16.5. The van der Waals surface area contributed by atoms with Gasteiger partial charge in [0.25, 0.3) is 15.9 Å². The van der Waals surface area contributed by atoms with Crippen LogP contribution in [-0.2, 0) is 14.8 Å². The number of anilines is 1. The summed E-state index contributed by atoms with van der Waals surface area (Å²) in [5, 5.41) is 0. The molecule has 0 aliphatic carbocycles. The fourth-order valence-corrected chi connectivity index (χ4v) is 3.92. The first kappa shape index (κ1) is 20.0.